The first-order valence-electron chi connectivity index (χ1n) is 15.3. The Morgan fingerprint density at radius 1 is 1.03 bits per heavy atom. The third-order valence-corrected chi connectivity index (χ3v) is 9.76. The second-order valence-electron chi connectivity index (χ2n) is 13.1. The highest BCUT2D eigenvalue weighted by molar-refractivity contribution is 6.00. The van der Waals surface area contributed by atoms with Crippen LogP contribution in [0.1, 0.15) is 108 Å². The Morgan fingerprint density at radius 2 is 1.62 bits per heavy atom. The van der Waals surface area contributed by atoms with E-state index in [2.05, 4.69) is 67.5 Å². The molecule has 1 fully saturated rings. The van der Waals surface area contributed by atoms with E-state index >= 15 is 0 Å². The summed E-state index contributed by atoms with van der Waals surface area (Å²) in [5, 5.41) is 0. The van der Waals surface area contributed by atoms with Crippen molar-refractivity contribution in [2.45, 2.75) is 145 Å². The zero-order chi connectivity index (χ0) is 30.3. The van der Waals surface area contributed by atoms with Gasteiger partial charge in [-0.2, -0.15) is 0 Å². The number of methoxy groups -OCH3 is 1. The molecule has 1 aliphatic heterocycles. The van der Waals surface area contributed by atoms with E-state index in [1.54, 1.807) is 14.0 Å². The van der Waals surface area contributed by atoms with Crippen LogP contribution >= 0.6 is 0 Å². The van der Waals surface area contributed by atoms with Crippen molar-refractivity contribution in [1.82, 2.24) is 4.90 Å². The predicted molar refractivity (Wildman–Crippen MR) is 158 cm³/mol. The molecule has 0 amide bonds. The van der Waals surface area contributed by atoms with E-state index in [0.29, 0.717) is 24.8 Å². The monoisotopic (exact) mass is 555 g/mol. The van der Waals surface area contributed by atoms with Crippen LogP contribution in [0.25, 0.3) is 0 Å². The van der Waals surface area contributed by atoms with E-state index in [0.717, 1.165) is 19.3 Å². The molecule has 0 aromatic heterocycles. The molecule has 7 nitrogen and oxygen atoms in total. The highest BCUT2D eigenvalue weighted by atomic mass is 16.7. The van der Waals surface area contributed by atoms with Gasteiger partial charge in [-0.1, -0.05) is 68.2 Å². The van der Waals surface area contributed by atoms with E-state index in [1.165, 1.54) is 0 Å². The Morgan fingerprint density at radius 3 is 2.08 bits per heavy atom. The number of rotatable bonds is 16. The lowest BCUT2D eigenvalue weighted by Gasteiger charge is -2.47. The van der Waals surface area contributed by atoms with Gasteiger partial charge < -0.3 is 23.8 Å². The summed E-state index contributed by atoms with van der Waals surface area (Å²) in [5.41, 5.74) is -0.918. The highest BCUT2D eigenvalue weighted by Gasteiger charge is 2.47. The molecular weight excluding hydrogens is 494 g/mol. The number of carbonyl (C=O) groups is 2. The molecule has 1 saturated heterocycles. The number of hydrogen-bond donors (Lipinski definition) is 0. The Balaban J connectivity index is 3.26. The molecule has 1 aliphatic rings. The molecule has 0 saturated carbocycles. The molecule has 39 heavy (non-hydrogen) atoms. The van der Waals surface area contributed by atoms with Crippen molar-refractivity contribution in [2.24, 2.45) is 29.1 Å². The van der Waals surface area contributed by atoms with Gasteiger partial charge in [0.05, 0.1) is 17.8 Å². The molecule has 0 radical (unpaired) electrons. The van der Waals surface area contributed by atoms with Gasteiger partial charge in [0.15, 0.2) is 12.1 Å². The molecule has 0 N–H and O–H groups in total. The minimum absolute atomic E-state index is 0.0268. The fourth-order valence-corrected chi connectivity index (χ4v) is 6.28. The lowest BCUT2D eigenvalue weighted by Crippen LogP contribution is -2.56. The molecule has 230 valence electrons. The molecule has 0 aromatic carbocycles. The standard InChI is InChI=1S/C32H61NO6/c1-15-18-32(11,36-14)28(39-30-22(6)25(33(12)13)19-21(5)37-30)23(7)27(34)24(8)29(35)38-26(17-3)31(9,10)20(4)16-2/h20-26,28,30H,15-19H2,1-14H3/t20-,21-,22-,23+,24-,25+,26-,28-,30+,32+/m1/s1. The molecule has 1 heterocycles. The van der Waals surface area contributed by atoms with Gasteiger partial charge in [-0.25, -0.2) is 0 Å². The van der Waals surface area contributed by atoms with Gasteiger partial charge >= 0.3 is 5.97 Å². The maximum atomic E-state index is 13.9. The number of esters is 1. The summed E-state index contributed by atoms with van der Waals surface area (Å²) in [6.45, 7) is 22.5. The summed E-state index contributed by atoms with van der Waals surface area (Å²) >= 11 is 0. The smallest absolute Gasteiger partial charge is 0.316 e. The van der Waals surface area contributed by atoms with Crippen LogP contribution in [0, 0.1) is 29.1 Å². The Labute approximate surface area is 240 Å². The van der Waals surface area contributed by atoms with Gasteiger partial charge in [-0.3, -0.25) is 9.59 Å². The fraction of sp³-hybridized carbons (Fsp3) is 0.938. The molecular formula is C32H61NO6. The third-order valence-electron chi connectivity index (χ3n) is 9.76. The number of nitrogens with zero attached hydrogens (tertiary/aromatic N) is 1. The van der Waals surface area contributed by atoms with Crippen molar-refractivity contribution in [3.8, 4) is 0 Å². The van der Waals surface area contributed by atoms with Crippen molar-refractivity contribution in [3.63, 3.8) is 0 Å². The number of ketones is 1. The normalized spacial score (nSPS) is 27.8. The zero-order valence-electron chi connectivity index (χ0n) is 27.6. The van der Waals surface area contributed by atoms with Gasteiger partial charge in [0.2, 0.25) is 0 Å². The molecule has 10 atom stereocenters. The molecule has 0 aliphatic carbocycles. The summed E-state index contributed by atoms with van der Waals surface area (Å²) in [4.78, 5) is 29.4. The first-order chi connectivity index (χ1) is 18.0. The van der Waals surface area contributed by atoms with Crippen molar-refractivity contribution in [2.75, 3.05) is 21.2 Å². The summed E-state index contributed by atoms with van der Waals surface area (Å²) in [6, 6.07) is 0.291. The van der Waals surface area contributed by atoms with E-state index in [1.807, 2.05) is 20.8 Å². The SMILES string of the molecule is CCC[C@](C)(OC)[C@H](O[C@@H]1O[C@H](C)C[C@H](N(C)C)[C@H]1C)[C@@H](C)C(=O)[C@@H](C)C(=O)O[C@H](CC)C(C)(C)[C@H](C)CC. The average molecular weight is 556 g/mol. The summed E-state index contributed by atoms with van der Waals surface area (Å²) in [6.07, 6.45) is 2.86. The van der Waals surface area contributed by atoms with Crippen LogP contribution in [0.15, 0.2) is 0 Å². The van der Waals surface area contributed by atoms with Crippen LogP contribution in [0.3, 0.4) is 0 Å². The first-order valence-corrected chi connectivity index (χ1v) is 15.3. The van der Waals surface area contributed by atoms with Gasteiger partial charge in [0.1, 0.15) is 12.0 Å². The van der Waals surface area contributed by atoms with Crippen molar-refractivity contribution >= 4 is 11.8 Å². The first kappa shape index (κ1) is 36.0. The highest BCUT2D eigenvalue weighted by Crippen LogP contribution is 2.38. The van der Waals surface area contributed by atoms with Crippen molar-refractivity contribution in [3.05, 3.63) is 0 Å². The summed E-state index contributed by atoms with van der Waals surface area (Å²) < 4.78 is 25.1. The second-order valence-corrected chi connectivity index (χ2v) is 13.1. The van der Waals surface area contributed by atoms with Crippen molar-refractivity contribution < 1.29 is 28.5 Å². The number of hydrogen-bond acceptors (Lipinski definition) is 7. The Bertz CT molecular complexity index is 770. The van der Waals surface area contributed by atoms with Crippen molar-refractivity contribution in [1.29, 1.82) is 0 Å². The number of Topliss-reactive ketones (excluding diaryl/α,β-unsaturated/α-hetero) is 1. The lowest BCUT2D eigenvalue weighted by atomic mass is 9.73. The molecule has 1 rings (SSSR count). The summed E-state index contributed by atoms with van der Waals surface area (Å²) in [7, 11) is 5.82. The molecule has 0 bridgehead atoms. The largest absolute Gasteiger partial charge is 0.461 e. The Hall–Kier alpha value is -1.02. The molecule has 7 heteroatoms. The van der Waals surface area contributed by atoms with E-state index in [9.17, 15) is 9.59 Å². The van der Waals surface area contributed by atoms with Crippen LogP contribution in [0.2, 0.25) is 0 Å². The second kappa shape index (κ2) is 15.3. The van der Waals surface area contributed by atoms with Crippen LogP contribution < -0.4 is 0 Å². The molecule has 0 spiro atoms. The number of carbonyl (C=O) groups excluding carboxylic acids is 2. The minimum Gasteiger partial charge on any atom is -0.461 e. The van der Waals surface area contributed by atoms with E-state index < -0.39 is 35.8 Å². The maximum Gasteiger partial charge on any atom is 0.316 e. The van der Waals surface area contributed by atoms with Crippen LogP contribution in [-0.4, -0.2) is 74.1 Å². The van der Waals surface area contributed by atoms with Gasteiger partial charge in [-0.05, 0) is 60.0 Å². The summed E-state index contributed by atoms with van der Waals surface area (Å²) in [5.74, 6) is -1.70. The van der Waals surface area contributed by atoms with Crippen LogP contribution in [-0.2, 0) is 28.5 Å². The topological polar surface area (TPSA) is 74.3 Å². The molecule has 0 unspecified atom stereocenters. The zero-order valence-corrected chi connectivity index (χ0v) is 27.6. The quantitative estimate of drug-likeness (QED) is 0.159. The minimum atomic E-state index is -0.909. The van der Waals surface area contributed by atoms with Gasteiger partial charge in [-0.15, -0.1) is 0 Å². The van der Waals surface area contributed by atoms with Gasteiger partial charge in [0, 0.05) is 30.4 Å². The average Bonchev–Trinajstić information content (AvgIpc) is 2.89. The van der Waals surface area contributed by atoms with Crippen LogP contribution in [0.5, 0.6) is 0 Å². The van der Waals surface area contributed by atoms with E-state index in [-0.39, 0.29) is 29.3 Å². The van der Waals surface area contributed by atoms with Crippen LogP contribution in [0.4, 0.5) is 0 Å². The molecule has 0 aromatic rings. The fourth-order valence-electron chi connectivity index (χ4n) is 6.28. The predicted octanol–water partition coefficient (Wildman–Crippen LogP) is 6.51. The Kier molecular flexibility index (Phi) is 14.1. The number of ether oxygens (including phenoxy) is 4. The maximum absolute atomic E-state index is 13.9. The van der Waals surface area contributed by atoms with E-state index in [4.69, 9.17) is 18.9 Å². The lowest BCUT2D eigenvalue weighted by molar-refractivity contribution is -0.280. The van der Waals surface area contributed by atoms with Gasteiger partial charge in [0.25, 0.3) is 0 Å². The third kappa shape index (κ3) is 8.73.